The van der Waals surface area contributed by atoms with Gasteiger partial charge in [-0.25, -0.2) is 0 Å². The second kappa shape index (κ2) is 6.26. The highest BCUT2D eigenvalue weighted by molar-refractivity contribution is 6.33. The van der Waals surface area contributed by atoms with Crippen molar-refractivity contribution >= 4 is 29.2 Å². The molecule has 1 fully saturated rings. The van der Waals surface area contributed by atoms with Crippen molar-refractivity contribution in [1.29, 1.82) is 0 Å². The van der Waals surface area contributed by atoms with E-state index in [4.69, 9.17) is 28.3 Å². The average molecular weight is 356 g/mol. The van der Waals surface area contributed by atoms with E-state index in [0.29, 0.717) is 15.6 Å². The number of carboxylic acid groups (broad SMARTS) is 1. The standard InChI is InChI=1S/C14H14Cl2F3NO2/c1-7(9-4-8(15)2-3-12(9)16)20-5-10(13(21)22)11(6-20)14(17,18)19/h2-4,7,10-11H,5-6H2,1H3,(H,21,22)/t7?,10-,11-/m1/s1. The molecule has 0 saturated carbocycles. The van der Waals surface area contributed by atoms with Crippen LogP contribution in [0, 0.1) is 11.8 Å². The summed E-state index contributed by atoms with van der Waals surface area (Å²) in [6.45, 7) is 1.14. The number of likely N-dealkylation sites (tertiary alicyclic amines) is 1. The molecule has 1 aliphatic rings. The van der Waals surface area contributed by atoms with E-state index in [1.165, 1.54) is 4.90 Å². The number of halogens is 5. The first-order valence-corrected chi connectivity index (χ1v) is 7.35. The normalized spacial score (nSPS) is 24.5. The van der Waals surface area contributed by atoms with Crippen molar-refractivity contribution in [2.45, 2.75) is 19.1 Å². The van der Waals surface area contributed by atoms with Crippen LogP contribution in [0.15, 0.2) is 18.2 Å². The number of benzene rings is 1. The molecule has 3 atom stereocenters. The van der Waals surface area contributed by atoms with Crippen LogP contribution in [0.5, 0.6) is 0 Å². The monoisotopic (exact) mass is 355 g/mol. The van der Waals surface area contributed by atoms with Gasteiger partial charge in [0.2, 0.25) is 0 Å². The lowest BCUT2D eigenvalue weighted by atomic mass is 9.96. The number of hydrogen-bond donors (Lipinski definition) is 1. The Hall–Kier alpha value is -0.980. The quantitative estimate of drug-likeness (QED) is 0.880. The van der Waals surface area contributed by atoms with Crippen LogP contribution < -0.4 is 0 Å². The molecule has 3 nitrogen and oxygen atoms in total. The second-order valence-electron chi connectivity index (χ2n) is 5.39. The fourth-order valence-corrected chi connectivity index (χ4v) is 3.22. The van der Waals surface area contributed by atoms with Crippen LogP contribution in [-0.2, 0) is 4.79 Å². The molecule has 1 aliphatic heterocycles. The predicted octanol–water partition coefficient (Wildman–Crippen LogP) is 4.25. The molecular weight excluding hydrogens is 342 g/mol. The molecule has 0 aliphatic carbocycles. The summed E-state index contributed by atoms with van der Waals surface area (Å²) < 4.78 is 39.0. The van der Waals surface area contributed by atoms with Crippen molar-refractivity contribution < 1.29 is 23.1 Å². The van der Waals surface area contributed by atoms with Crippen LogP contribution in [-0.4, -0.2) is 35.2 Å². The molecule has 8 heteroatoms. The molecule has 1 heterocycles. The van der Waals surface area contributed by atoms with Crippen molar-refractivity contribution in [1.82, 2.24) is 4.90 Å². The maximum Gasteiger partial charge on any atom is 0.393 e. The van der Waals surface area contributed by atoms with E-state index in [1.54, 1.807) is 25.1 Å². The van der Waals surface area contributed by atoms with Crippen LogP contribution in [0.1, 0.15) is 18.5 Å². The number of alkyl halides is 3. The van der Waals surface area contributed by atoms with Gasteiger partial charge in [-0.3, -0.25) is 9.69 Å². The fraction of sp³-hybridized carbons (Fsp3) is 0.500. The number of hydrogen-bond acceptors (Lipinski definition) is 2. The van der Waals surface area contributed by atoms with E-state index in [9.17, 15) is 18.0 Å². The Kier molecular flexibility index (Phi) is 4.94. The van der Waals surface area contributed by atoms with Crippen molar-refractivity contribution in [2.24, 2.45) is 11.8 Å². The van der Waals surface area contributed by atoms with Gasteiger partial charge >= 0.3 is 12.1 Å². The summed E-state index contributed by atoms with van der Waals surface area (Å²) in [7, 11) is 0. The topological polar surface area (TPSA) is 40.5 Å². The molecule has 0 aromatic heterocycles. The Bertz CT molecular complexity index is 580. The Balaban J connectivity index is 2.26. The van der Waals surface area contributed by atoms with Crippen molar-refractivity contribution in [3.63, 3.8) is 0 Å². The SMILES string of the molecule is CC(c1cc(Cl)ccc1Cl)N1C[C@@H](C(F)(F)F)[C@H](C(=O)O)C1. The van der Waals surface area contributed by atoms with Crippen LogP contribution in [0.2, 0.25) is 10.0 Å². The van der Waals surface area contributed by atoms with E-state index in [-0.39, 0.29) is 13.1 Å². The first kappa shape index (κ1) is 17.4. The molecule has 1 aromatic carbocycles. The van der Waals surface area contributed by atoms with Crippen LogP contribution >= 0.6 is 23.2 Å². The highest BCUT2D eigenvalue weighted by Crippen LogP contribution is 2.41. The Morgan fingerprint density at radius 2 is 2.00 bits per heavy atom. The van der Waals surface area contributed by atoms with Crippen molar-refractivity contribution in [3.8, 4) is 0 Å². The van der Waals surface area contributed by atoms with Crippen LogP contribution in [0.4, 0.5) is 13.2 Å². The minimum Gasteiger partial charge on any atom is -0.481 e. The van der Waals surface area contributed by atoms with Gasteiger partial charge in [-0.1, -0.05) is 23.2 Å². The highest BCUT2D eigenvalue weighted by Gasteiger charge is 2.53. The fourth-order valence-electron chi connectivity index (χ4n) is 2.76. The van der Waals surface area contributed by atoms with Gasteiger partial charge in [0.1, 0.15) is 0 Å². The van der Waals surface area contributed by atoms with Crippen LogP contribution in [0.3, 0.4) is 0 Å². The third-order valence-corrected chi connectivity index (χ3v) is 4.62. The zero-order chi connectivity index (χ0) is 16.7. The summed E-state index contributed by atoms with van der Waals surface area (Å²) in [4.78, 5) is 12.6. The van der Waals surface area contributed by atoms with E-state index >= 15 is 0 Å². The second-order valence-corrected chi connectivity index (χ2v) is 6.23. The van der Waals surface area contributed by atoms with Crippen molar-refractivity contribution in [3.05, 3.63) is 33.8 Å². The lowest BCUT2D eigenvalue weighted by Crippen LogP contribution is -2.33. The molecule has 1 saturated heterocycles. The first-order valence-electron chi connectivity index (χ1n) is 6.59. The molecule has 0 spiro atoms. The number of carbonyl (C=O) groups is 1. The zero-order valence-electron chi connectivity index (χ0n) is 11.6. The lowest BCUT2D eigenvalue weighted by molar-refractivity contribution is -0.188. The van der Waals surface area contributed by atoms with E-state index in [2.05, 4.69) is 0 Å². The summed E-state index contributed by atoms with van der Waals surface area (Å²) in [5.41, 5.74) is 0.584. The van der Waals surface area contributed by atoms with Gasteiger partial charge < -0.3 is 5.11 Å². The average Bonchev–Trinajstić information content (AvgIpc) is 2.86. The van der Waals surface area contributed by atoms with Crippen LogP contribution in [0.25, 0.3) is 0 Å². The molecule has 2 rings (SSSR count). The van der Waals surface area contributed by atoms with Gasteiger partial charge in [-0.05, 0) is 30.7 Å². The Labute approximate surface area is 135 Å². The lowest BCUT2D eigenvalue weighted by Gasteiger charge is -2.26. The maximum atomic E-state index is 13.0. The summed E-state index contributed by atoms with van der Waals surface area (Å²) in [5, 5.41) is 9.85. The van der Waals surface area contributed by atoms with Gasteiger partial charge in [-0.15, -0.1) is 0 Å². The molecule has 22 heavy (non-hydrogen) atoms. The van der Waals surface area contributed by atoms with E-state index in [0.717, 1.165) is 0 Å². The molecule has 1 aromatic rings. The van der Waals surface area contributed by atoms with Crippen molar-refractivity contribution in [2.75, 3.05) is 13.1 Å². The van der Waals surface area contributed by atoms with Gasteiger partial charge in [0.15, 0.2) is 0 Å². The van der Waals surface area contributed by atoms with Gasteiger partial charge in [-0.2, -0.15) is 13.2 Å². The van der Waals surface area contributed by atoms with Gasteiger partial charge in [0.05, 0.1) is 11.8 Å². The Morgan fingerprint density at radius 1 is 1.36 bits per heavy atom. The number of carboxylic acids is 1. The Morgan fingerprint density at radius 3 is 2.50 bits per heavy atom. The molecular formula is C14H14Cl2F3NO2. The highest BCUT2D eigenvalue weighted by atomic mass is 35.5. The summed E-state index contributed by atoms with van der Waals surface area (Å²) in [6, 6.07) is 4.29. The summed E-state index contributed by atoms with van der Waals surface area (Å²) in [6.07, 6.45) is -4.55. The molecule has 0 bridgehead atoms. The summed E-state index contributed by atoms with van der Waals surface area (Å²) >= 11 is 12.0. The minimum absolute atomic E-state index is 0.177. The number of nitrogens with zero attached hydrogens (tertiary/aromatic N) is 1. The third kappa shape index (κ3) is 3.50. The van der Waals surface area contributed by atoms with E-state index in [1.807, 2.05) is 0 Å². The molecule has 122 valence electrons. The minimum atomic E-state index is -4.55. The third-order valence-electron chi connectivity index (χ3n) is 4.04. The number of aliphatic carboxylic acids is 1. The molecule has 0 radical (unpaired) electrons. The molecule has 1 unspecified atom stereocenters. The summed E-state index contributed by atoms with van der Waals surface area (Å²) in [5.74, 6) is -4.79. The number of rotatable bonds is 3. The maximum absolute atomic E-state index is 13.0. The smallest absolute Gasteiger partial charge is 0.393 e. The first-order chi connectivity index (χ1) is 10.1. The largest absolute Gasteiger partial charge is 0.481 e. The van der Waals surface area contributed by atoms with Gasteiger partial charge in [0.25, 0.3) is 0 Å². The predicted molar refractivity (Wildman–Crippen MR) is 77.1 cm³/mol. The van der Waals surface area contributed by atoms with E-state index < -0.39 is 30.0 Å². The molecule has 1 N–H and O–H groups in total. The molecule has 0 amide bonds. The zero-order valence-corrected chi connectivity index (χ0v) is 13.1. The van der Waals surface area contributed by atoms with Gasteiger partial charge in [0, 0.05) is 29.2 Å².